The number of thiazole rings is 1. The number of amides is 1. The summed E-state index contributed by atoms with van der Waals surface area (Å²) >= 11 is 10.9. The fraction of sp³-hybridized carbons (Fsp3) is 0.231. The van der Waals surface area contributed by atoms with Crippen LogP contribution in [0.25, 0.3) is 0 Å². The molecule has 1 heterocycles. The third kappa shape index (κ3) is 3.55. The third-order valence-electron chi connectivity index (χ3n) is 2.58. The lowest BCUT2D eigenvalue weighted by Gasteiger charge is -2.16. The van der Waals surface area contributed by atoms with Crippen LogP contribution in [0.2, 0.25) is 5.02 Å². The number of carbonyl (C=O) groups is 1. The quantitative estimate of drug-likeness (QED) is 0.825. The molecule has 0 aliphatic heterocycles. The molecule has 0 radical (unpaired) electrons. The second-order valence-corrected chi connectivity index (χ2v) is 6.72. The molecule has 0 aliphatic rings. The van der Waals surface area contributed by atoms with Gasteiger partial charge in [0.1, 0.15) is 0 Å². The summed E-state index contributed by atoms with van der Waals surface area (Å²) in [6.07, 6.45) is 1.80. The molecule has 2 aromatic rings. The van der Waals surface area contributed by atoms with Gasteiger partial charge in [0, 0.05) is 28.2 Å². The fourth-order valence-corrected chi connectivity index (χ4v) is 2.91. The molecule has 0 saturated carbocycles. The molecule has 100 valence electrons. The van der Waals surface area contributed by atoms with E-state index in [1.54, 1.807) is 47.7 Å². The van der Waals surface area contributed by atoms with Crippen molar-refractivity contribution in [3.63, 3.8) is 0 Å². The molecular weight excluding hydrogens is 348 g/mol. The lowest BCUT2D eigenvalue weighted by molar-refractivity contribution is 0.0786. The highest BCUT2D eigenvalue weighted by Gasteiger charge is 2.14. The summed E-state index contributed by atoms with van der Waals surface area (Å²) in [5.74, 6) is -0.0551. The molecule has 0 atom stereocenters. The molecule has 19 heavy (non-hydrogen) atoms. The molecule has 0 aliphatic carbocycles. The minimum atomic E-state index is -0.0551. The first-order chi connectivity index (χ1) is 8.97. The molecule has 0 N–H and O–H groups in total. The van der Waals surface area contributed by atoms with Crippen LogP contribution in [0.5, 0.6) is 0 Å². The van der Waals surface area contributed by atoms with E-state index in [1.165, 1.54) is 0 Å². The van der Waals surface area contributed by atoms with Crippen molar-refractivity contribution < 1.29 is 4.79 Å². The predicted octanol–water partition coefficient (Wildman–Crippen LogP) is 4.14. The third-order valence-corrected chi connectivity index (χ3v) is 4.71. The summed E-state index contributed by atoms with van der Waals surface area (Å²) in [6.45, 7) is 2.50. The van der Waals surface area contributed by atoms with Gasteiger partial charge < -0.3 is 4.90 Å². The van der Waals surface area contributed by atoms with Crippen LogP contribution < -0.4 is 0 Å². The average Bonchev–Trinajstić information content (AvgIpc) is 2.77. The molecule has 0 unspecified atom stereocenters. The van der Waals surface area contributed by atoms with Crippen LogP contribution in [-0.2, 0) is 6.54 Å². The Hall–Kier alpha value is -0.910. The Bertz CT molecular complexity index is 614. The summed E-state index contributed by atoms with van der Waals surface area (Å²) in [5, 5.41) is 1.54. The van der Waals surface area contributed by atoms with Crippen molar-refractivity contribution in [3.05, 3.63) is 49.3 Å². The second-order valence-electron chi connectivity index (χ2n) is 4.14. The zero-order chi connectivity index (χ0) is 14.0. The Morgan fingerprint density at radius 3 is 2.84 bits per heavy atom. The lowest BCUT2D eigenvalue weighted by Crippen LogP contribution is -2.25. The molecular formula is C13H12BrClN2OS. The largest absolute Gasteiger partial charge is 0.337 e. The van der Waals surface area contributed by atoms with E-state index < -0.39 is 0 Å². The summed E-state index contributed by atoms with van der Waals surface area (Å²) < 4.78 is 0.784. The Kier molecular flexibility index (Phi) is 4.60. The summed E-state index contributed by atoms with van der Waals surface area (Å²) in [5.41, 5.74) is 0.580. The molecule has 1 aromatic carbocycles. The highest BCUT2D eigenvalue weighted by molar-refractivity contribution is 9.10. The van der Waals surface area contributed by atoms with Crippen LogP contribution in [0.1, 0.15) is 20.2 Å². The molecule has 0 fully saturated rings. The van der Waals surface area contributed by atoms with E-state index in [1.807, 2.05) is 6.92 Å². The van der Waals surface area contributed by atoms with Gasteiger partial charge in [0.05, 0.1) is 16.6 Å². The van der Waals surface area contributed by atoms with Gasteiger partial charge in [-0.1, -0.05) is 11.6 Å². The summed E-state index contributed by atoms with van der Waals surface area (Å²) in [7, 11) is 1.77. The van der Waals surface area contributed by atoms with Crippen molar-refractivity contribution in [1.82, 2.24) is 9.88 Å². The lowest BCUT2D eigenvalue weighted by atomic mass is 10.2. The molecule has 2 rings (SSSR count). The average molecular weight is 360 g/mol. The molecule has 0 bridgehead atoms. The molecule has 6 heteroatoms. The van der Waals surface area contributed by atoms with Gasteiger partial charge in [-0.3, -0.25) is 4.79 Å². The van der Waals surface area contributed by atoms with Gasteiger partial charge in [-0.15, -0.1) is 11.3 Å². The summed E-state index contributed by atoms with van der Waals surface area (Å²) in [4.78, 5) is 19.2. The van der Waals surface area contributed by atoms with Gasteiger partial charge in [0.2, 0.25) is 0 Å². The van der Waals surface area contributed by atoms with Gasteiger partial charge >= 0.3 is 0 Å². The van der Waals surface area contributed by atoms with E-state index >= 15 is 0 Å². The van der Waals surface area contributed by atoms with Crippen molar-refractivity contribution >= 4 is 44.8 Å². The summed E-state index contributed by atoms with van der Waals surface area (Å²) in [6, 6.07) is 5.20. The van der Waals surface area contributed by atoms with Crippen LogP contribution in [0.4, 0.5) is 0 Å². The first-order valence-electron chi connectivity index (χ1n) is 5.59. The number of hydrogen-bond acceptors (Lipinski definition) is 3. The molecule has 1 amide bonds. The maximum atomic E-state index is 12.3. The second kappa shape index (κ2) is 6.03. The smallest absolute Gasteiger partial charge is 0.253 e. The molecule has 0 spiro atoms. The number of aromatic nitrogens is 1. The number of aryl methyl sites for hydroxylation is 1. The van der Waals surface area contributed by atoms with E-state index in [4.69, 9.17) is 11.6 Å². The van der Waals surface area contributed by atoms with Crippen LogP contribution in [0.3, 0.4) is 0 Å². The first kappa shape index (κ1) is 14.5. The molecule has 3 nitrogen and oxygen atoms in total. The first-order valence-corrected chi connectivity index (χ1v) is 7.58. The van der Waals surface area contributed by atoms with Gasteiger partial charge in [-0.25, -0.2) is 4.98 Å². The van der Waals surface area contributed by atoms with Crippen molar-refractivity contribution in [3.8, 4) is 0 Å². The van der Waals surface area contributed by atoms with Crippen LogP contribution in [0.15, 0.2) is 28.9 Å². The van der Waals surface area contributed by atoms with Crippen LogP contribution >= 0.6 is 38.9 Å². The Morgan fingerprint density at radius 1 is 1.53 bits per heavy atom. The maximum absolute atomic E-state index is 12.3. The minimum Gasteiger partial charge on any atom is -0.337 e. The van der Waals surface area contributed by atoms with Gasteiger partial charge in [0.15, 0.2) is 0 Å². The zero-order valence-corrected chi connectivity index (χ0v) is 13.6. The van der Waals surface area contributed by atoms with Crippen LogP contribution in [0, 0.1) is 6.92 Å². The van der Waals surface area contributed by atoms with Crippen molar-refractivity contribution in [2.75, 3.05) is 7.05 Å². The van der Waals surface area contributed by atoms with Crippen LogP contribution in [-0.4, -0.2) is 22.8 Å². The van der Waals surface area contributed by atoms with E-state index in [2.05, 4.69) is 20.9 Å². The highest BCUT2D eigenvalue weighted by Crippen LogP contribution is 2.24. The van der Waals surface area contributed by atoms with E-state index in [9.17, 15) is 4.79 Å². The standard InChI is InChI=1S/C13H12BrClN2OS/c1-8-16-6-10(19-8)7-17(2)13(18)9-3-4-11(14)12(15)5-9/h3-6H,7H2,1-2H3. The van der Waals surface area contributed by atoms with Crippen molar-refractivity contribution in [2.45, 2.75) is 13.5 Å². The van der Waals surface area contributed by atoms with Gasteiger partial charge in [-0.2, -0.15) is 0 Å². The number of hydrogen-bond donors (Lipinski definition) is 0. The predicted molar refractivity (Wildman–Crippen MR) is 81.8 cm³/mol. The number of carbonyl (C=O) groups excluding carboxylic acids is 1. The minimum absolute atomic E-state index is 0.0551. The maximum Gasteiger partial charge on any atom is 0.253 e. The normalized spacial score (nSPS) is 10.5. The number of rotatable bonds is 3. The highest BCUT2D eigenvalue weighted by atomic mass is 79.9. The molecule has 1 aromatic heterocycles. The Labute approximate surface area is 129 Å². The van der Waals surface area contributed by atoms with Crippen molar-refractivity contribution in [1.29, 1.82) is 0 Å². The van der Waals surface area contributed by atoms with E-state index in [0.29, 0.717) is 17.1 Å². The topological polar surface area (TPSA) is 33.2 Å². The number of nitrogens with zero attached hydrogens (tertiary/aromatic N) is 2. The SMILES string of the molecule is Cc1ncc(CN(C)C(=O)c2ccc(Br)c(Cl)c2)s1. The van der Waals surface area contributed by atoms with E-state index in [0.717, 1.165) is 14.4 Å². The fourth-order valence-electron chi connectivity index (χ4n) is 1.63. The molecule has 0 saturated heterocycles. The van der Waals surface area contributed by atoms with Gasteiger partial charge in [0.25, 0.3) is 5.91 Å². The monoisotopic (exact) mass is 358 g/mol. The number of benzene rings is 1. The van der Waals surface area contributed by atoms with Gasteiger partial charge in [-0.05, 0) is 41.1 Å². The Morgan fingerprint density at radius 2 is 2.26 bits per heavy atom. The number of halogens is 2. The van der Waals surface area contributed by atoms with E-state index in [-0.39, 0.29) is 5.91 Å². The Balaban J connectivity index is 2.12. The van der Waals surface area contributed by atoms with Crippen molar-refractivity contribution in [2.24, 2.45) is 0 Å². The zero-order valence-electron chi connectivity index (χ0n) is 10.5.